The van der Waals surface area contributed by atoms with Gasteiger partial charge in [-0.3, -0.25) is 15.2 Å². The predicted molar refractivity (Wildman–Crippen MR) is 126 cm³/mol. The molecule has 0 saturated carbocycles. The van der Waals surface area contributed by atoms with E-state index in [0.717, 1.165) is 22.3 Å². The van der Waals surface area contributed by atoms with Gasteiger partial charge >= 0.3 is 6.09 Å². The van der Waals surface area contributed by atoms with Crippen molar-refractivity contribution in [2.45, 2.75) is 26.6 Å². The van der Waals surface area contributed by atoms with Gasteiger partial charge in [0.05, 0.1) is 25.1 Å². The molecule has 4 rings (SSSR count). The lowest BCUT2D eigenvalue weighted by molar-refractivity contribution is -0.142. The van der Waals surface area contributed by atoms with Crippen molar-refractivity contribution < 1.29 is 23.8 Å². The van der Waals surface area contributed by atoms with Gasteiger partial charge in [0.2, 0.25) is 0 Å². The number of benzene rings is 2. The van der Waals surface area contributed by atoms with Gasteiger partial charge in [-0.05, 0) is 37.1 Å². The molecular weight excluding hydrogens is 436 g/mol. The van der Waals surface area contributed by atoms with Crippen LogP contribution in [0.2, 0.25) is 0 Å². The van der Waals surface area contributed by atoms with Gasteiger partial charge in [0.15, 0.2) is 6.10 Å². The molecule has 0 bridgehead atoms. The Morgan fingerprint density at radius 1 is 1.18 bits per heavy atom. The molecule has 2 N–H and O–H groups in total. The number of morpholine rings is 1. The highest BCUT2D eigenvalue weighted by Gasteiger charge is 2.25. The number of anilines is 1. The van der Waals surface area contributed by atoms with Crippen molar-refractivity contribution in [1.29, 1.82) is 0 Å². The molecule has 1 aliphatic rings. The summed E-state index contributed by atoms with van der Waals surface area (Å²) in [5.41, 5.74) is 4.07. The molecule has 9 heteroatoms. The first-order valence-electron chi connectivity index (χ1n) is 11.2. The molecular formula is C25H28N4O5. The number of aromatic amines is 1. The Bertz CT molecular complexity index is 1130. The van der Waals surface area contributed by atoms with Crippen molar-refractivity contribution in [2.75, 3.05) is 31.6 Å². The Morgan fingerprint density at radius 3 is 2.74 bits per heavy atom. The van der Waals surface area contributed by atoms with Crippen molar-refractivity contribution in [3.8, 4) is 16.9 Å². The number of aryl methyl sites for hydroxylation is 1. The summed E-state index contributed by atoms with van der Waals surface area (Å²) >= 11 is 0. The molecule has 1 aliphatic heterocycles. The van der Waals surface area contributed by atoms with Gasteiger partial charge in [0, 0.05) is 24.8 Å². The number of H-pyrrole nitrogens is 1. The van der Waals surface area contributed by atoms with Crippen LogP contribution in [-0.2, 0) is 20.9 Å². The molecule has 1 fully saturated rings. The summed E-state index contributed by atoms with van der Waals surface area (Å²) in [7, 11) is 0. The maximum atomic E-state index is 12.9. The second-order valence-corrected chi connectivity index (χ2v) is 8.09. The van der Waals surface area contributed by atoms with Crippen molar-refractivity contribution in [3.05, 3.63) is 66.0 Å². The van der Waals surface area contributed by atoms with Crippen LogP contribution in [0.5, 0.6) is 5.75 Å². The maximum Gasteiger partial charge on any atom is 0.412 e. The molecule has 0 radical (unpaired) electrons. The zero-order chi connectivity index (χ0) is 23.9. The van der Waals surface area contributed by atoms with Gasteiger partial charge < -0.3 is 19.1 Å². The highest BCUT2D eigenvalue weighted by molar-refractivity contribution is 5.88. The largest absolute Gasteiger partial charge is 0.479 e. The third-order valence-electron chi connectivity index (χ3n) is 5.48. The quantitative estimate of drug-likeness (QED) is 0.552. The molecule has 0 aliphatic carbocycles. The van der Waals surface area contributed by atoms with Crippen LogP contribution in [0, 0.1) is 6.92 Å². The molecule has 2 amide bonds. The van der Waals surface area contributed by atoms with E-state index in [4.69, 9.17) is 14.2 Å². The number of carbonyl (C=O) groups excluding carboxylic acids is 2. The Morgan fingerprint density at radius 2 is 2.00 bits per heavy atom. The molecule has 0 spiro atoms. The number of hydrogen-bond donors (Lipinski definition) is 2. The molecule has 2 aromatic carbocycles. The summed E-state index contributed by atoms with van der Waals surface area (Å²) in [4.78, 5) is 27.1. The minimum absolute atomic E-state index is 0.134. The molecule has 1 aromatic heterocycles. The fraction of sp³-hybridized carbons (Fsp3) is 0.320. The smallest absolute Gasteiger partial charge is 0.412 e. The first-order valence-corrected chi connectivity index (χ1v) is 11.2. The number of rotatable bonds is 7. The third kappa shape index (κ3) is 5.93. The van der Waals surface area contributed by atoms with Crippen LogP contribution in [0.15, 0.2) is 54.9 Å². The minimum Gasteiger partial charge on any atom is -0.479 e. The highest BCUT2D eigenvalue weighted by Crippen LogP contribution is 2.32. The van der Waals surface area contributed by atoms with Gasteiger partial charge in [0.25, 0.3) is 5.91 Å². The van der Waals surface area contributed by atoms with Crippen LogP contribution in [0.3, 0.4) is 0 Å². The number of hydrogen-bond acceptors (Lipinski definition) is 6. The van der Waals surface area contributed by atoms with Crippen LogP contribution in [0.25, 0.3) is 11.1 Å². The normalized spacial score (nSPS) is 14.4. The topological polar surface area (TPSA) is 106 Å². The highest BCUT2D eigenvalue weighted by atomic mass is 16.5. The molecule has 1 atom stereocenters. The van der Waals surface area contributed by atoms with E-state index in [1.165, 1.54) is 0 Å². The maximum absolute atomic E-state index is 12.9. The number of nitrogens with zero attached hydrogens (tertiary/aromatic N) is 2. The number of ether oxygens (including phenoxy) is 3. The Hall–Kier alpha value is -3.85. The summed E-state index contributed by atoms with van der Waals surface area (Å²) in [5.74, 6) is 0.227. The zero-order valence-corrected chi connectivity index (χ0v) is 19.2. The van der Waals surface area contributed by atoms with E-state index in [-0.39, 0.29) is 12.5 Å². The molecule has 1 unspecified atom stereocenters. The fourth-order valence-electron chi connectivity index (χ4n) is 3.69. The van der Waals surface area contributed by atoms with Crippen molar-refractivity contribution in [3.63, 3.8) is 0 Å². The molecule has 1 saturated heterocycles. The monoisotopic (exact) mass is 464 g/mol. The van der Waals surface area contributed by atoms with E-state index in [1.54, 1.807) is 36.4 Å². The first-order chi connectivity index (χ1) is 16.5. The summed E-state index contributed by atoms with van der Waals surface area (Å²) < 4.78 is 16.8. The van der Waals surface area contributed by atoms with Crippen LogP contribution >= 0.6 is 0 Å². The Labute approximate surface area is 198 Å². The van der Waals surface area contributed by atoms with E-state index in [0.29, 0.717) is 37.7 Å². The predicted octanol–water partition coefficient (Wildman–Crippen LogP) is 3.76. The molecule has 2 heterocycles. The number of amides is 2. The molecule has 9 nitrogen and oxygen atoms in total. The Kier molecular flexibility index (Phi) is 7.44. The fourth-order valence-corrected chi connectivity index (χ4v) is 3.69. The average Bonchev–Trinajstić information content (AvgIpc) is 3.39. The summed E-state index contributed by atoms with van der Waals surface area (Å²) in [5, 5.41) is 9.50. The van der Waals surface area contributed by atoms with Gasteiger partial charge in [-0.2, -0.15) is 5.10 Å². The minimum atomic E-state index is -0.749. The van der Waals surface area contributed by atoms with E-state index in [9.17, 15) is 9.59 Å². The average molecular weight is 465 g/mol. The van der Waals surface area contributed by atoms with Gasteiger partial charge in [-0.15, -0.1) is 0 Å². The second-order valence-electron chi connectivity index (χ2n) is 8.09. The van der Waals surface area contributed by atoms with Gasteiger partial charge in [-0.25, -0.2) is 4.79 Å². The SMILES string of the molecule is Cc1cccc(COC(=O)Nc2ccc(-c3cn[nH]c3)cc2OC(C)C(=O)N2CCOCC2)c1. The van der Waals surface area contributed by atoms with Gasteiger partial charge in [-0.1, -0.05) is 35.9 Å². The lowest BCUT2D eigenvalue weighted by Gasteiger charge is -2.29. The standard InChI is InChI=1S/C25H28N4O5/c1-17-4-3-5-19(12-17)16-33-25(31)28-22-7-6-20(21-14-26-27-15-21)13-23(22)34-18(2)24(30)29-8-10-32-11-9-29/h3-7,12-15,18H,8-11,16H2,1-2H3,(H,26,27)(H,28,31). The second kappa shape index (κ2) is 10.8. The number of nitrogens with one attached hydrogen (secondary N) is 2. The van der Waals surface area contributed by atoms with Crippen molar-refractivity contribution in [1.82, 2.24) is 15.1 Å². The van der Waals surface area contributed by atoms with Gasteiger partial charge in [0.1, 0.15) is 12.4 Å². The van der Waals surface area contributed by atoms with Crippen LogP contribution in [0.1, 0.15) is 18.1 Å². The molecule has 178 valence electrons. The number of aromatic nitrogens is 2. The van der Waals surface area contributed by atoms with Crippen molar-refractivity contribution >= 4 is 17.7 Å². The van der Waals surface area contributed by atoms with Crippen molar-refractivity contribution in [2.24, 2.45) is 0 Å². The van der Waals surface area contributed by atoms with E-state index < -0.39 is 12.2 Å². The molecule has 34 heavy (non-hydrogen) atoms. The summed E-state index contributed by atoms with van der Waals surface area (Å²) in [6.45, 7) is 5.89. The van der Waals surface area contributed by atoms with Crippen LogP contribution < -0.4 is 10.1 Å². The molecule has 3 aromatic rings. The van der Waals surface area contributed by atoms with E-state index >= 15 is 0 Å². The third-order valence-corrected chi connectivity index (χ3v) is 5.48. The summed E-state index contributed by atoms with van der Waals surface area (Å²) in [6.07, 6.45) is 2.08. The van der Waals surface area contributed by atoms with E-state index in [1.807, 2.05) is 37.3 Å². The number of carbonyl (C=O) groups is 2. The first kappa shape index (κ1) is 23.3. The van der Waals surface area contributed by atoms with Crippen LogP contribution in [-0.4, -0.2) is 59.5 Å². The summed E-state index contributed by atoms with van der Waals surface area (Å²) in [6, 6.07) is 13.1. The lowest BCUT2D eigenvalue weighted by atomic mass is 10.1. The zero-order valence-electron chi connectivity index (χ0n) is 19.2. The lowest BCUT2D eigenvalue weighted by Crippen LogP contribution is -2.46. The van der Waals surface area contributed by atoms with Crippen LogP contribution in [0.4, 0.5) is 10.5 Å². The van der Waals surface area contributed by atoms with E-state index in [2.05, 4.69) is 15.5 Å². The Balaban J connectivity index is 1.49.